The van der Waals surface area contributed by atoms with Crippen molar-refractivity contribution in [2.75, 3.05) is 7.05 Å². The van der Waals surface area contributed by atoms with Crippen LogP contribution < -0.4 is 0 Å². The second kappa shape index (κ2) is 6.31. The summed E-state index contributed by atoms with van der Waals surface area (Å²) in [6.45, 7) is 4.52. The molecule has 6 nitrogen and oxygen atoms in total. The number of rotatable bonds is 4. The number of hydrogen-bond acceptors (Lipinski definition) is 3. The van der Waals surface area contributed by atoms with Crippen molar-refractivity contribution < 1.29 is 4.79 Å². The summed E-state index contributed by atoms with van der Waals surface area (Å²) in [5.41, 5.74) is 4.66. The Morgan fingerprint density at radius 2 is 1.92 bits per heavy atom. The summed E-state index contributed by atoms with van der Waals surface area (Å²) in [5.74, 6) is -0.0150. The lowest BCUT2D eigenvalue weighted by Gasteiger charge is -2.16. The lowest BCUT2D eigenvalue weighted by Crippen LogP contribution is -2.26. The number of aromatic nitrogens is 4. The molecule has 2 aromatic heterocycles. The molecule has 0 aliphatic carbocycles. The molecule has 1 amide bonds. The van der Waals surface area contributed by atoms with Gasteiger partial charge < -0.3 is 4.90 Å². The Hall–Kier alpha value is -2.89. The fraction of sp³-hybridized carbons (Fsp3) is 0.278. The average molecular weight is 323 g/mol. The van der Waals surface area contributed by atoms with Gasteiger partial charge in [-0.1, -0.05) is 0 Å². The van der Waals surface area contributed by atoms with Crippen LogP contribution in [0.3, 0.4) is 0 Å². The first-order chi connectivity index (χ1) is 11.4. The zero-order chi connectivity index (χ0) is 17.3. The molecular weight excluding hydrogens is 302 g/mol. The molecule has 3 rings (SSSR count). The number of carbonyl (C=O) groups is 1. The molecule has 0 aliphatic rings. The zero-order valence-corrected chi connectivity index (χ0v) is 14.4. The quantitative estimate of drug-likeness (QED) is 0.741. The molecule has 3 aromatic rings. The summed E-state index contributed by atoms with van der Waals surface area (Å²) >= 11 is 0. The first-order valence-corrected chi connectivity index (χ1v) is 7.81. The predicted molar refractivity (Wildman–Crippen MR) is 92.0 cm³/mol. The van der Waals surface area contributed by atoms with E-state index in [9.17, 15) is 4.79 Å². The summed E-state index contributed by atoms with van der Waals surface area (Å²) in [4.78, 5) is 14.2. The molecular formula is C18H21N5O. The fourth-order valence-corrected chi connectivity index (χ4v) is 2.76. The molecule has 0 saturated heterocycles. The first-order valence-electron chi connectivity index (χ1n) is 7.81. The van der Waals surface area contributed by atoms with Crippen LogP contribution in [0.2, 0.25) is 0 Å². The maximum absolute atomic E-state index is 12.6. The van der Waals surface area contributed by atoms with E-state index in [0.29, 0.717) is 12.1 Å². The number of carbonyl (C=O) groups excluding carboxylic acids is 1. The Kier molecular flexibility index (Phi) is 4.20. The number of benzene rings is 1. The topological polar surface area (TPSA) is 56.0 Å². The van der Waals surface area contributed by atoms with E-state index < -0.39 is 0 Å². The van der Waals surface area contributed by atoms with Gasteiger partial charge in [0.05, 0.1) is 17.6 Å². The standard InChI is InChI=1S/C18H21N5O/c1-13-9-14(2)23(20-13)17-7-5-16(6-8-17)18(24)21(3)11-15-10-19-22(4)12-15/h5-10,12H,11H2,1-4H3. The smallest absolute Gasteiger partial charge is 0.253 e. The highest BCUT2D eigenvalue weighted by atomic mass is 16.2. The van der Waals surface area contributed by atoms with E-state index >= 15 is 0 Å². The van der Waals surface area contributed by atoms with Gasteiger partial charge in [0.25, 0.3) is 5.91 Å². The van der Waals surface area contributed by atoms with E-state index in [1.54, 1.807) is 22.8 Å². The van der Waals surface area contributed by atoms with Crippen molar-refractivity contribution in [2.24, 2.45) is 7.05 Å². The number of hydrogen-bond donors (Lipinski definition) is 0. The third-order valence-electron chi connectivity index (χ3n) is 3.89. The largest absolute Gasteiger partial charge is 0.337 e. The van der Waals surface area contributed by atoms with E-state index in [4.69, 9.17) is 0 Å². The molecule has 0 N–H and O–H groups in total. The summed E-state index contributed by atoms with van der Waals surface area (Å²) in [6.07, 6.45) is 3.69. The number of nitrogens with zero attached hydrogens (tertiary/aromatic N) is 5. The van der Waals surface area contributed by atoms with Crippen LogP contribution in [0.1, 0.15) is 27.3 Å². The minimum absolute atomic E-state index is 0.0150. The summed E-state index contributed by atoms with van der Waals surface area (Å²) in [6, 6.07) is 9.55. The number of aryl methyl sites for hydroxylation is 3. The molecule has 0 spiro atoms. The SMILES string of the molecule is Cc1cc(C)n(-c2ccc(C(=O)N(C)Cc3cnn(C)c3)cc2)n1. The fourth-order valence-electron chi connectivity index (χ4n) is 2.76. The second-order valence-electron chi connectivity index (χ2n) is 6.07. The maximum atomic E-state index is 12.6. The number of amides is 1. The van der Waals surface area contributed by atoms with Crippen LogP contribution >= 0.6 is 0 Å². The Morgan fingerprint density at radius 3 is 2.46 bits per heavy atom. The third-order valence-corrected chi connectivity index (χ3v) is 3.89. The van der Waals surface area contributed by atoms with E-state index in [0.717, 1.165) is 22.6 Å². The second-order valence-corrected chi connectivity index (χ2v) is 6.07. The van der Waals surface area contributed by atoms with E-state index in [1.165, 1.54) is 0 Å². The highest BCUT2D eigenvalue weighted by Crippen LogP contribution is 2.14. The maximum Gasteiger partial charge on any atom is 0.253 e. The molecule has 1 aromatic carbocycles. The Morgan fingerprint density at radius 1 is 1.21 bits per heavy atom. The van der Waals surface area contributed by atoms with E-state index in [1.807, 2.05) is 62.1 Å². The Balaban J connectivity index is 1.75. The average Bonchev–Trinajstić information content (AvgIpc) is 3.11. The van der Waals surface area contributed by atoms with Gasteiger partial charge in [-0.05, 0) is 44.2 Å². The van der Waals surface area contributed by atoms with Crippen molar-refractivity contribution in [2.45, 2.75) is 20.4 Å². The van der Waals surface area contributed by atoms with Gasteiger partial charge in [0.15, 0.2) is 0 Å². The molecule has 0 fully saturated rings. The summed E-state index contributed by atoms with van der Waals surface area (Å²) < 4.78 is 3.61. The van der Waals surface area contributed by atoms with Gasteiger partial charge in [0, 0.05) is 43.7 Å². The highest BCUT2D eigenvalue weighted by molar-refractivity contribution is 5.94. The molecule has 124 valence electrons. The van der Waals surface area contributed by atoms with Crippen LogP contribution in [-0.4, -0.2) is 37.4 Å². The van der Waals surface area contributed by atoms with Crippen LogP contribution in [0.25, 0.3) is 5.69 Å². The molecule has 0 aliphatic heterocycles. The van der Waals surface area contributed by atoms with Crippen molar-refractivity contribution in [1.82, 2.24) is 24.5 Å². The first kappa shape index (κ1) is 16.0. The van der Waals surface area contributed by atoms with E-state index in [-0.39, 0.29) is 5.91 Å². The van der Waals surface area contributed by atoms with Gasteiger partial charge in [-0.3, -0.25) is 9.48 Å². The monoisotopic (exact) mass is 323 g/mol. The lowest BCUT2D eigenvalue weighted by molar-refractivity contribution is 0.0785. The van der Waals surface area contributed by atoms with Gasteiger partial charge in [-0.2, -0.15) is 10.2 Å². The summed E-state index contributed by atoms with van der Waals surface area (Å²) in [5, 5.41) is 8.59. The molecule has 0 radical (unpaired) electrons. The lowest BCUT2D eigenvalue weighted by atomic mass is 10.1. The predicted octanol–water partition coefficient (Wildman–Crippen LogP) is 2.49. The normalized spacial score (nSPS) is 10.8. The van der Waals surface area contributed by atoms with Gasteiger partial charge >= 0.3 is 0 Å². The molecule has 0 unspecified atom stereocenters. The highest BCUT2D eigenvalue weighted by Gasteiger charge is 2.13. The van der Waals surface area contributed by atoms with Crippen molar-refractivity contribution in [3.63, 3.8) is 0 Å². The zero-order valence-electron chi connectivity index (χ0n) is 14.4. The molecule has 0 atom stereocenters. The van der Waals surface area contributed by atoms with Crippen LogP contribution in [0, 0.1) is 13.8 Å². The van der Waals surface area contributed by atoms with Crippen LogP contribution in [0.15, 0.2) is 42.7 Å². The third kappa shape index (κ3) is 3.22. The van der Waals surface area contributed by atoms with E-state index in [2.05, 4.69) is 10.2 Å². The van der Waals surface area contributed by atoms with Crippen molar-refractivity contribution in [1.29, 1.82) is 0 Å². The molecule has 24 heavy (non-hydrogen) atoms. The molecule has 2 heterocycles. The molecule has 6 heteroatoms. The van der Waals surface area contributed by atoms with Crippen LogP contribution in [0.5, 0.6) is 0 Å². The molecule has 0 bridgehead atoms. The van der Waals surface area contributed by atoms with Gasteiger partial charge in [0.2, 0.25) is 0 Å². The Bertz CT molecular complexity index is 860. The van der Waals surface area contributed by atoms with Crippen molar-refractivity contribution in [3.05, 3.63) is 65.2 Å². The van der Waals surface area contributed by atoms with Crippen LogP contribution in [-0.2, 0) is 13.6 Å². The van der Waals surface area contributed by atoms with Crippen molar-refractivity contribution >= 4 is 5.91 Å². The summed E-state index contributed by atoms with van der Waals surface area (Å²) in [7, 11) is 3.66. The van der Waals surface area contributed by atoms with Crippen LogP contribution in [0.4, 0.5) is 0 Å². The van der Waals surface area contributed by atoms with Gasteiger partial charge in [0.1, 0.15) is 0 Å². The molecule has 0 saturated carbocycles. The Labute approximate surface area is 141 Å². The minimum Gasteiger partial charge on any atom is -0.337 e. The van der Waals surface area contributed by atoms with Gasteiger partial charge in [-0.25, -0.2) is 4.68 Å². The van der Waals surface area contributed by atoms with Gasteiger partial charge in [-0.15, -0.1) is 0 Å². The van der Waals surface area contributed by atoms with Crippen molar-refractivity contribution in [3.8, 4) is 5.69 Å². The minimum atomic E-state index is -0.0150.